The smallest absolute Gasteiger partial charge is 0.417 e. The van der Waals surface area contributed by atoms with Gasteiger partial charge < -0.3 is 19.0 Å². The molecular formula is C31H43NO7. The molecule has 2 atom stereocenters. The van der Waals surface area contributed by atoms with Crippen molar-refractivity contribution in [2.45, 2.75) is 90.7 Å². The number of aryl methyl sites for hydroxylation is 2. The number of carbonyl (C=O) groups is 3. The first kappa shape index (κ1) is 30.6. The van der Waals surface area contributed by atoms with Gasteiger partial charge in [-0.05, 0) is 37.3 Å². The third kappa shape index (κ3) is 8.02. The molecule has 39 heavy (non-hydrogen) atoms. The number of unbranched alkanes of at least 4 members (excludes halogenated alkanes) is 7. The summed E-state index contributed by atoms with van der Waals surface area (Å²) < 4.78 is 16.5. The number of hydrogen-bond donors (Lipinski definition) is 1. The van der Waals surface area contributed by atoms with E-state index in [0.717, 1.165) is 66.5 Å². The standard InChI is InChI=1S/C31H43NO7/c1-21(2)25-20-38-31(36)32(25)30(35)29(37-4)28(34)27-19-24(23-15-13-14-22(3)18-23)26(39-27)16-11-9-7-5-6-8-10-12-17-33/h13-15,18-19,21,25,29,33H,5-12,16-17,20H2,1-4H3/t25-,29+/m1/s1. The maximum Gasteiger partial charge on any atom is 0.417 e. The number of hydrogen-bond acceptors (Lipinski definition) is 7. The number of imide groups is 1. The summed E-state index contributed by atoms with van der Waals surface area (Å²) in [4.78, 5) is 40.1. The Balaban J connectivity index is 1.75. The maximum absolute atomic E-state index is 13.5. The molecule has 2 aromatic rings. The van der Waals surface area contributed by atoms with Crippen LogP contribution in [0.4, 0.5) is 4.79 Å². The third-order valence-electron chi connectivity index (χ3n) is 7.30. The molecule has 1 fully saturated rings. The van der Waals surface area contributed by atoms with Crippen LogP contribution in [-0.4, -0.2) is 60.3 Å². The SMILES string of the molecule is CO[C@@H](C(=O)c1cc(-c2cccc(C)c2)c(CCCCCCCCCCO)o1)C(=O)N1C(=O)OC[C@@H]1C(C)C. The van der Waals surface area contributed by atoms with E-state index >= 15 is 0 Å². The highest BCUT2D eigenvalue weighted by molar-refractivity contribution is 6.14. The average molecular weight is 542 g/mol. The summed E-state index contributed by atoms with van der Waals surface area (Å²) in [5, 5.41) is 8.89. The van der Waals surface area contributed by atoms with Crippen LogP contribution in [0.2, 0.25) is 0 Å². The highest BCUT2D eigenvalue weighted by atomic mass is 16.6. The zero-order valence-corrected chi connectivity index (χ0v) is 23.7. The zero-order valence-electron chi connectivity index (χ0n) is 23.7. The Morgan fingerprint density at radius 1 is 1.05 bits per heavy atom. The molecule has 8 nitrogen and oxygen atoms in total. The van der Waals surface area contributed by atoms with Gasteiger partial charge in [0.1, 0.15) is 12.4 Å². The Kier molecular flexibility index (Phi) is 11.7. The average Bonchev–Trinajstić information content (AvgIpc) is 3.52. The van der Waals surface area contributed by atoms with Crippen molar-refractivity contribution in [1.82, 2.24) is 4.90 Å². The first-order chi connectivity index (χ1) is 18.8. The molecule has 0 radical (unpaired) electrons. The second-order valence-corrected chi connectivity index (χ2v) is 10.7. The topological polar surface area (TPSA) is 106 Å². The Morgan fingerprint density at radius 2 is 1.72 bits per heavy atom. The Bertz CT molecular complexity index is 1110. The van der Waals surface area contributed by atoms with Gasteiger partial charge in [0.05, 0.1) is 6.04 Å². The van der Waals surface area contributed by atoms with Crippen molar-refractivity contribution < 1.29 is 33.4 Å². The molecule has 1 saturated heterocycles. The normalized spacial score (nSPS) is 16.1. The van der Waals surface area contributed by atoms with Gasteiger partial charge >= 0.3 is 6.09 Å². The zero-order chi connectivity index (χ0) is 28.4. The van der Waals surface area contributed by atoms with E-state index in [1.54, 1.807) is 6.07 Å². The third-order valence-corrected chi connectivity index (χ3v) is 7.30. The summed E-state index contributed by atoms with van der Waals surface area (Å²) in [6.45, 7) is 6.15. The Morgan fingerprint density at radius 3 is 2.33 bits per heavy atom. The fraction of sp³-hybridized carbons (Fsp3) is 0.581. The molecule has 0 bridgehead atoms. The van der Waals surface area contributed by atoms with Gasteiger partial charge in [0.15, 0.2) is 5.76 Å². The van der Waals surface area contributed by atoms with Crippen molar-refractivity contribution in [3.05, 3.63) is 47.4 Å². The molecule has 1 N–H and O–H groups in total. The Hall–Kier alpha value is -2.97. The van der Waals surface area contributed by atoms with Crippen molar-refractivity contribution in [2.75, 3.05) is 20.3 Å². The molecule has 1 aliphatic heterocycles. The van der Waals surface area contributed by atoms with E-state index in [1.807, 2.05) is 45.0 Å². The molecule has 0 spiro atoms. The quantitative estimate of drug-likeness (QED) is 0.155. The lowest BCUT2D eigenvalue weighted by Gasteiger charge is -2.25. The predicted octanol–water partition coefficient (Wildman–Crippen LogP) is 6.11. The first-order valence-electron chi connectivity index (χ1n) is 14.2. The van der Waals surface area contributed by atoms with Crippen LogP contribution >= 0.6 is 0 Å². The Labute approximate surface area is 231 Å². The molecular weight excluding hydrogens is 498 g/mol. The number of benzene rings is 1. The molecule has 1 aromatic heterocycles. The van der Waals surface area contributed by atoms with Gasteiger partial charge in [0.25, 0.3) is 5.91 Å². The highest BCUT2D eigenvalue weighted by Crippen LogP contribution is 2.31. The summed E-state index contributed by atoms with van der Waals surface area (Å²) in [6.07, 6.45) is 6.90. The second kappa shape index (κ2) is 15.0. The number of aliphatic hydroxyl groups excluding tert-OH is 1. The van der Waals surface area contributed by atoms with Gasteiger partial charge in [-0.3, -0.25) is 9.59 Å². The maximum atomic E-state index is 13.5. The number of Topliss-reactive ketones (excluding diaryl/α,β-unsaturated/α-hetero) is 1. The molecule has 0 unspecified atom stereocenters. The van der Waals surface area contributed by atoms with Gasteiger partial charge in [-0.25, -0.2) is 9.69 Å². The van der Waals surface area contributed by atoms with Crippen LogP contribution in [0.15, 0.2) is 34.7 Å². The van der Waals surface area contributed by atoms with Crippen LogP contribution in [0.25, 0.3) is 11.1 Å². The molecule has 0 aliphatic carbocycles. The lowest BCUT2D eigenvalue weighted by molar-refractivity contribution is -0.137. The molecule has 2 amide bonds. The fourth-order valence-corrected chi connectivity index (χ4v) is 5.01. The molecule has 2 heterocycles. The molecule has 1 aliphatic rings. The van der Waals surface area contributed by atoms with E-state index in [4.69, 9.17) is 19.0 Å². The van der Waals surface area contributed by atoms with Gasteiger partial charge in [-0.15, -0.1) is 0 Å². The summed E-state index contributed by atoms with van der Waals surface area (Å²) in [6, 6.07) is 9.23. The molecule has 3 rings (SSSR count). The number of cyclic esters (lactones) is 1. The van der Waals surface area contributed by atoms with Gasteiger partial charge in [-0.2, -0.15) is 0 Å². The lowest BCUT2D eigenvalue weighted by atomic mass is 10.00. The van der Waals surface area contributed by atoms with Crippen molar-refractivity contribution in [3.8, 4) is 11.1 Å². The minimum Gasteiger partial charge on any atom is -0.457 e. The van der Waals surface area contributed by atoms with Crippen LogP contribution in [-0.2, 0) is 20.7 Å². The highest BCUT2D eigenvalue weighted by Gasteiger charge is 2.45. The van der Waals surface area contributed by atoms with Crippen LogP contribution in [0, 0.1) is 12.8 Å². The minimum atomic E-state index is -1.51. The number of ketones is 1. The monoisotopic (exact) mass is 541 g/mol. The predicted molar refractivity (Wildman–Crippen MR) is 149 cm³/mol. The van der Waals surface area contributed by atoms with E-state index < -0.39 is 29.9 Å². The molecule has 0 saturated carbocycles. The van der Waals surface area contributed by atoms with Crippen molar-refractivity contribution in [3.63, 3.8) is 0 Å². The van der Waals surface area contributed by atoms with E-state index in [9.17, 15) is 14.4 Å². The lowest BCUT2D eigenvalue weighted by Crippen LogP contribution is -2.49. The van der Waals surface area contributed by atoms with Crippen LogP contribution in [0.3, 0.4) is 0 Å². The largest absolute Gasteiger partial charge is 0.457 e. The van der Waals surface area contributed by atoms with Crippen molar-refractivity contribution in [2.24, 2.45) is 5.92 Å². The number of amides is 2. The first-order valence-corrected chi connectivity index (χ1v) is 14.2. The number of nitrogens with zero attached hydrogens (tertiary/aromatic N) is 1. The molecule has 1 aromatic carbocycles. The van der Waals surface area contributed by atoms with Gasteiger partial charge in [0.2, 0.25) is 11.9 Å². The summed E-state index contributed by atoms with van der Waals surface area (Å²) >= 11 is 0. The summed E-state index contributed by atoms with van der Waals surface area (Å²) in [5.41, 5.74) is 2.86. The number of ether oxygens (including phenoxy) is 2. The van der Waals surface area contributed by atoms with E-state index in [-0.39, 0.29) is 24.9 Å². The second-order valence-electron chi connectivity index (χ2n) is 10.7. The molecule has 8 heteroatoms. The van der Waals surface area contributed by atoms with Crippen LogP contribution in [0.5, 0.6) is 0 Å². The van der Waals surface area contributed by atoms with E-state index in [2.05, 4.69) is 0 Å². The van der Waals surface area contributed by atoms with Gasteiger partial charge in [0, 0.05) is 25.7 Å². The molecule has 214 valence electrons. The fourth-order valence-electron chi connectivity index (χ4n) is 5.01. The number of furan rings is 1. The van der Waals surface area contributed by atoms with E-state index in [0.29, 0.717) is 12.2 Å². The number of rotatable bonds is 16. The minimum absolute atomic E-state index is 0.0308. The summed E-state index contributed by atoms with van der Waals surface area (Å²) in [7, 11) is 1.28. The number of carbonyl (C=O) groups excluding carboxylic acids is 3. The number of methoxy groups -OCH3 is 1. The number of aliphatic hydroxyl groups is 1. The van der Waals surface area contributed by atoms with Crippen LogP contribution < -0.4 is 0 Å². The van der Waals surface area contributed by atoms with E-state index in [1.165, 1.54) is 13.5 Å². The van der Waals surface area contributed by atoms with Gasteiger partial charge in [-0.1, -0.05) is 82.2 Å². The van der Waals surface area contributed by atoms with Crippen LogP contribution in [0.1, 0.15) is 87.1 Å². The van der Waals surface area contributed by atoms with Crippen molar-refractivity contribution >= 4 is 17.8 Å². The van der Waals surface area contributed by atoms with Crippen molar-refractivity contribution in [1.29, 1.82) is 0 Å². The summed E-state index contributed by atoms with van der Waals surface area (Å²) in [5.74, 6) is -0.642.